The number of aromatic nitrogens is 2. The van der Waals surface area contributed by atoms with Gasteiger partial charge < -0.3 is 29.5 Å². The average molecular weight is 446 g/mol. The van der Waals surface area contributed by atoms with Gasteiger partial charge in [-0.15, -0.1) is 0 Å². The smallest absolute Gasteiger partial charge is 0.431 e. The first kappa shape index (κ1) is 21.3. The summed E-state index contributed by atoms with van der Waals surface area (Å²) in [6.45, 7) is -0.564. The van der Waals surface area contributed by atoms with Gasteiger partial charge in [-0.2, -0.15) is 10.5 Å². The Morgan fingerprint density at radius 2 is 1.78 bits per heavy atom. The summed E-state index contributed by atoms with van der Waals surface area (Å²) in [5.41, 5.74) is 1.37. The summed E-state index contributed by atoms with van der Waals surface area (Å²) >= 11 is 0. The zero-order valence-corrected chi connectivity index (χ0v) is 16.6. The highest BCUT2D eigenvalue weighted by Crippen LogP contribution is 2.35. The van der Waals surface area contributed by atoms with Crippen molar-refractivity contribution in [2.24, 2.45) is 0 Å². The maximum Gasteiger partial charge on any atom is 0.431 e. The van der Waals surface area contributed by atoms with Gasteiger partial charge in [0.1, 0.15) is 6.10 Å². The first-order valence-electron chi connectivity index (χ1n) is 9.44. The second kappa shape index (κ2) is 8.64. The predicted molar refractivity (Wildman–Crippen MR) is 104 cm³/mol. The molecular formula is C19H18N4O9. The third-order valence-electron chi connectivity index (χ3n) is 4.88. The van der Waals surface area contributed by atoms with Crippen LogP contribution in [-0.2, 0) is 19.0 Å². The molecular weight excluding hydrogens is 428 g/mol. The van der Waals surface area contributed by atoms with E-state index in [4.69, 9.17) is 14.2 Å². The van der Waals surface area contributed by atoms with Gasteiger partial charge in [-0.25, -0.2) is 19.2 Å². The molecule has 2 aliphatic heterocycles. The van der Waals surface area contributed by atoms with Crippen LogP contribution in [0.3, 0.4) is 0 Å². The van der Waals surface area contributed by atoms with E-state index in [-0.39, 0.29) is 16.9 Å². The van der Waals surface area contributed by atoms with E-state index in [1.165, 1.54) is 31.4 Å². The van der Waals surface area contributed by atoms with Crippen molar-refractivity contribution in [3.8, 4) is 0 Å². The molecule has 1 saturated heterocycles. The average Bonchev–Trinajstić information content (AvgIpc) is 3.12. The summed E-state index contributed by atoms with van der Waals surface area (Å²) in [4.78, 5) is 57.4. The lowest BCUT2D eigenvalue weighted by atomic mass is 10.0. The Hall–Kier alpha value is -3.97. The van der Waals surface area contributed by atoms with Gasteiger partial charge >= 0.3 is 23.7 Å². The van der Waals surface area contributed by atoms with Crippen molar-refractivity contribution in [2.75, 3.05) is 19.1 Å². The standard InChI is InChI=1S/C19H18N4O9/c1-20-19(28)32-22-12-6-7-23(18(27)21-12)15-14-13(11(8-24)29-15)30-16(25)9-4-2-3-5-10(9)17(26)31-14/h2-7,11,13-15,24H,8H2,1H3,(H,20,28)(H,21,22,27)/t11-,13-,14-,15-/m1/s1. The molecule has 3 heterocycles. The Morgan fingerprint density at radius 1 is 1.12 bits per heavy atom. The second-order valence-electron chi connectivity index (χ2n) is 6.78. The fourth-order valence-electron chi connectivity index (χ4n) is 3.37. The highest BCUT2D eigenvalue weighted by atomic mass is 16.7. The van der Waals surface area contributed by atoms with Crippen LogP contribution in [0.4, 0.5) is 10.6 Å². The molecule has 1 aromatic carbocycles. The maximum absolute atomic E-state index is 12.7. The van der Waals surface area contributed by atoms with Gasteiger partial charge in [0.2, 0.25) is 0 Å². The summed E-state index contributed by atoms with van der Waals surface area (Å²) in [6.07, 6.45) is -4.25. The third-order valence-corrected chi connectivity index (χ3v) is 4.88. The lowest BCUT2D eigenvalue weighted by molar-refractivity contribution is -0.0602. The first-order chi connectivity index (χ1) is 15.4. The van der Waals surface area contributed by atoms with Crippen LogP contribution >= 0.6 is 0 Å². The number of anilines is 1. The Morgan fingerprint density at radius 3 is 2.38 bits per heavy atom. The number of ether oxygens (including phenoxy) is 3. The van der Waals surface area contributed by atoms with Gasteiger partial charge in [-0.05, 0) is 12.1 Å². The summed E-state index contributed by atoms with van der Waals surface area (Å²) in [5.74, 6) is -1.66. The Kier molecular flexibility index (Phi) is 5.75. The van der Waals surface area contributed by atoms with E-state index in [1.54, 1.807) is 12.1 Å². The van der Waals surface area contributed by atoms with Crippen molar-refractivity contribution in [3.63, 3.8) is 0 Å². The van der Waals surface area contributed by atoms with E-state index in [0.717, 1.165) is 4.57 Å². The molecule has 0 aliphatic carbocycles. The van der Waals surface area contributed by atoms with Gasteiger partial charge in [0.15, 0.2) is 24.3 Å². The molecule has 13 heteroatoms. The van der Waals surface area contributed by atoms with Gasteiger partial charge in [-0.3, -0.25) is 4.57 Å². The molecule has 1 amide bonds. The van der Waals surface area contributed by atoms with Crippen LogP contribution in [0.15, 0.2) is 41.3 Å². The molecule has 2 aromatic rings. The molecule has 2 aliphatic rings. The molecule has 0 unspecified atom stereocenters. The van der Waals surface area contributed by atoms with E-state index >= 15 is 0 Å². The van der Waals surface area contributed by atoms with Crippen molar-refractivity contribution in [1.29, 1.82) is 0 Å². The number of benzene rings is 1. The largest absolute Gasteiger partial charge is 0.452 e. The van der Waals surface area contributed by atoms with Gasteiger partial charge in [0.05, 0.1) is 17.7 Å². The summed E-state index contributed by atoms with van der Waals surface area (Å²) in [7, 11) is 1.35. The third kappa shape index (κ3) is 3.86. The van der Waals surface area contributed by atoms with Crippen LogP contribution in [0.25, 0.3) is 0 Å². The fraction of sp³-hybridized carbons (Fsp3) is 0.316. The molecule has 0 saturated carbocycles. The zero-order valence-electron chi connectivity index (χ0n) is 16.6. The second-order valence-corrected chi connectivity index (χ2v) is 6.78. The number of fused-ring (bicyclic) bond motifs is 2. The molecule has 0 spiro atoms. The lowest BCUT2D eigenvalue weighted by Gasteiger charge is -2.27. The molecule has 1 fully saturated rings. The molecule has 4 rings (SSSR count). The molecule has 13 nitrogen and oxygen atoms in total. The van der Waals surface area contributed by atoms with E-state index in [2.05, 4.69) is 20.6 Å². The van der Waals surface area contributed by atoms with Gasteiger partial charge in [-0.1, -0.05) is 12.1 Å². The summed E-state index contributed by atoms with van der Waals surface area (Å²) < 4.78 is 17.7. The van der Waals surface area contributed by atoms with Crippen molar-refractivity contribution < 1.29 is 38.5 Å². The fourth-order valence-corrected chi connectivity index (χ4v) is 3.37. The first-order valence-corrected chi connectivity index (χ1v) is 9.44. The monoisotopic (exact) mass is 446 g/mol. The normalized spacial score (nSPS) is 24.2. The zero-order chi connectivity index (χ0) is 22.8. The Labute approximate surface area is 179 Å². The lowest BCUT2D eigenvalue weighted by Crippen LogP contribution is -2.43. The quantitative estimate of drug-likeness (QED) is 0.317. The molecule has 4 atom stereocenters. The molecule has 1 aromatic heterocycles. The van der Waals surface area contributed by atoms with Crippen molar-refractivity contribution in [1.82, 2.24) is 14.9 Å². The number of carbonyl (C=O) groups is 3. The molecule has 3 N–H and O–H groups in total. The molecule has 32 heavy (non-hydrogen) atoms. The van der Waals surface area contributed by atoms with Crippen LogP contribution in [0.2, 0.25) is 0 Å². The van der Waals surface area contributed by atoms with Gasteiger partial charge in [0.25, 0.3) is 0 Å². The van der Waals surface area contributed by atoms with E-state index in [9.17, 15) is 24.3 Å². The minimum Gasteiger partial charge on any atom is -0.452 e. The highest BCUT2D eigenvalue weighted by Gasteiger charge is 2.52. The number of amides is 1. The van der Waals surface area contributed by atoms with Crippen molar-refractivity contribution >= 4 is 23.8 Å². The number of carbonyl (C=O) groups excluding carboxylic acids is 3. The SMILES string of the molecule is CNC(=O)ONc1ccn([C@@H]2O[C@H](CO)[C@H]3OC(=O)c4ccccc4C(=O)O[C@H]32)c(=O)n1. The topological polar surface area (TPSA) is 167 Å². The predicted octanol–water partition coefficient (Wildman–Crippen LogP) is -0.420. The minimum atomic E-state index is -1.24. The molecule has 168 valence electrons. The summed E-state index contributed by atoms with van der Waals surface area (Å²) in [6, 6.07) is 7.27. The maximum atomic E-state index is 12.7. The number of aliphatic hydroxyl groups excluding tert-OH is 1. The summed E-state index contributed by atoms with van der Waals surface area (Å²) in [5, 5.41) is 11.9. The van der Waals surface area contributed by atoms with E-state index in [0.29, 0.717) is 0 Å². The molecule has 0 radical (unpaired) electrons. The minimum absolute atomic E-state index is 0.00137. The van der Waals surface area contributed by atoms with E-state index < -0.39 is 54.9 Å². The van der Waals surface area contributed by atoms with Crippen molar-refractivity contribution in [2.45, 2.75) is 24.5 Å². The van der Waals surface area contributed by atoms with Crippen molar-refractivity contribution in [3.05, 3.63) is 58.1 Å². The number of hydrogen-bond donors (Lipinski definition) is 3. The van der Waals surface area contributed by atoms with Crippen LogP contribution in [-0.4, -0.2) is 64.7 Å². The number of nitrogens with one attached hydrogen (secondary N) is 2. The molecule has 0 bridgehead atoms. The van der Waals surface area contributed by atoms with Crippen LogP contribution in [0, 0.1) is 0 Å². The van der Waals surface area contributed by atoms with Gasteiger partial charge in [0, 0.05) is 19.3 Å². The van der Waals surface area contributed by atoms with Crippen LogP contribution < -0.4 is 16.5 Å². The Bertz CT molecular complexity index is 1120. The highest BCUT2D eigenvalue weighted by molar-refractivity contribution is 6.03. The number of hydrogen-bond acceptors (Lipinski definition) is 11. The van der Waals surface area contributed by atoms with Crippen LogP contribution in [0.1, 0.15) is 26.9 Å². The number of aliphatic hydroxyl groups is 1. The number of esters is 2. The van der Waals surface area contributed by atoms with E-state index in [1.807, 2.05) is 0 Å². The van der Waals surface area contributed by atoms with Crippen LogP contribution in [0.5, 0.6) is 0 Å². The number of nitrogens with zero attached hydrogens (tertiary/aromatic N) is 2. The Balaban J connectivity index is 1.65. The number of rotatable bonds is 4.